The molecule has 0 aliphatic carbocycles. The normalized spacial score (nSPS) is 14.1. The zero-order valence-electron chi connectivity index (χ0n) is 19.2. The van der Waals surface area contributed by atoms with E-state index in [2.05, 4.69) is 0 Å². The van der Waals surface area contributed by atoms with Gasteiger partial charge >= 0.3 is 0 Å². The largest absolute Gasteiger partial charge is 0.484 e. The second-order valence-corrected chi connectivity index (χ2v) is 8.46. The Labute approximate surface area is 190 Å². The van der Waals surface area contributed by atoms with E-state index in [1.54, 1.807) is 21.9 Å². The molecule has 6 heteroatoms. The third kappa shape index (κ3) is 6.42. The second kappa shape index (κ2) is 10.9. The highest BCUT2D eigenvalue weighted by Crippen LogP contribution is 2.19. The molecule has 1 fully saturated rings. The lowest BCUT2D eigenvalue weighted by Gasteiger charge is -2.22. The Bertz CT molecular complexity index is 968. The van der Waals surface area contributed by atoms with E-state index in [4.69, 9.17) is 4.74 Å². The first kappa shape index (κ1) is 23.5. The highest BCUT2D eigenvalue weighted by atomic mass is 16.5. The van der Waals surface area contributed by atoms with Gasteiger partial charge in [-0.1, -0.05) is 47.5 Å². The van der Waals surface area contributed by atoms with Crippen molar-refractivity contribution in [1.82, 2.24) is 9.80 Å². The number of ether oxygens (including phenoxy) is 1. The van der Waals surface area contributed by atoms with Crippen LogP contribution in [0, 0.1) is 20.8 Å². The minimum atomic E-state index is -0.0752. The number of nitrogens with zero attached hydrogens (tertiary/aromatic N) is 2. The fraction of sp³-hybridized carbons (Fsp3) is 0.423. The van der Waals surface area contributed by atoms with Crippen LogP contribution in [0.15, 0.2) is 42.5 Å². The fourth-order valence-corrected chi connectivity index (χ4v) is 3.87. The summed E-state index contributed by atoms with van der Waals surface area (Å²) in [7, 11) is 0. The first-order valence-electron chi connectivity index (χ1n) is 11.2. The van der Waals surface area contributed by atoms with Crippen LogP contribution in [0.3, 0.4) is 0 Å². The lowest BCUT2D eigenvalue weighted by atomic mass is 10.0. The zero-order chi connectivity index (χ0) is 23.1. The summed E-state index contributed by atoms with van der Waals surface area (Å²) in [6.45, 7) is 8.10. The monoisotopic (exact) mass is 436 g/mol. The van der Waals surface area contributed by atoms with Gasteiger partial charge in [0, 0.05) is 44.6 Å². The van der Waals surface area contributed by atoms with E-state index in [-0.39, 0.29) is 37.0 Å². The Balaban J connectivity index is 1.45. The van der Waals surface area contributed by atoms with Crippen LogP contribution in [-0.4, -0.2) is 60.2 Å². The molecule has 0 bridgehead atoms. The molecule has 0 saturated carbocycles. The molecule has 32 heavy (non-hydrogen) atoms. The topological polar surface area (TPSA) is 66.9 Å². The number of amides is 2. The Morgan fingerprint density at radius 3 is 2.06 bits per heavy atom. The van der Waals surface area contributed by atoms with Crippen LogP contribution in [-0.2, 0) is 9.59 Å². The molecular weight excluding hydrogens is 404 g/mol. The number of hydrogen-bond donors (Lipinski definition) is 0. The van der Waals surface area contributed by atoms with E-state index in [1.165, 1.54) is 0 Å². The molecule has 3 rings (SSSR count). The highest BCUT2D eigenvalue weighted by Gasteiger charge is 2.23. The molecule has 0 spiro atoms. The van der Waals surface area contributed by atoms with E-state index in [0.29, 0.717) is 43.9 Å². The minimum absolute atomic E-state index is 0.0110. The first-order valence-corrected chi connectivity index (χ1v) is 11.2. The minimum Gasteiger partial charge on any atom is -0.484 e. The molecule has 6 nitrogen and oxygen atoms in total. The van der Waals surface area contributed by atoms with Gasteiger partial charge in [0.15, 0.2) is 12.4 Å². The second-order valence-electron chi connectivity index (χ2n) is 8.46. The van der Waals surface area contributed by atoms with Gasteiger partial charge < -0.3 is 14.5 Å². The van der Waals surface area contributed by atoms with Gasteiger partial charge in [0.2, 0.25) is 5.91 Å². The van der Waals surface area contributed by atoms with E-state index < -0.39 is 0 Å². The van der Waals surface area contributed by atoms with Crippen molar-refractivity contribution in [2.45, 2.75) is 40.0 Å². The summed E-state index contributed by atoms with van der Waals surface area (Å²) < 4.78 is 5.73. The van der Waals surface area contributed by atoms with Crippen LogP contribution in [0.2, 0.25) is 0 Å². The zero-order valence-corrected chi connectivity index (χ0v) is 19.2. The number of aryl methyl sites for hydroxylation is 3. The van der Waals surface area contributed by atoms with Crippen LogP contribution >= 0.6 is 0 Å². The quantitative estimate of drug-likeness (QED) is 0.621. The van der Waals surface area contributed by atoms with Crippen LogP contribution < -0.4 is 4.74 Å². The van der Waals surface area contributed by atoms with Gasteiger partial charge in [-0.25, -0.2) is 0 Å². The highest BCUT2D eigenvalue weighted by molar-refractivity contribution is 5.98. The summed E-state index contributed by atoms with van der Waals surface area (Å²) in [6, 6.07) is 13.3. The smallest absolute Gasteiger partial charge is 0.260 e. The number of carbonyl (C=O) groups excluding carboxylic acids is 3. The lowest BCUT2D eigenvalue weighted by molar-refractivity contribution is -0.134. The Morgan fingerprint density at radius 1 is 0.781 bits per heavy atom. The predicted molar refractivity (Wildman–Crippen MR) is 124 cm³/mol. The maximum atomic E-state index is 12.6. The van der Waals surface area contributed by atoms with Gasteiger partial charge in [-0.15, -0.1) is 0 Å². The summed E-state index contributed by atoms with van der Waals surface area (Å²) in [5, 5.41) is 0. The van der Waals surface area contributed by atoms with Crippen LogP contribution in [0.5, 0.6) is 5.75 Å². The summed E-state index contributed by atoms with van der Waals surface area (Å²) in [4.78, 5) is 41.1. The predicted octanol–water partition coefficient (Wildman–Crippen LogP) is 3.71. The van der Waals surface area contributed by atoms with Crippen molar-refractivity contribution in [3.05, 3.63) is 64.7 Å². The van der Waals surface area contributed by atoms with Gasteiger partial charge in [-0.2, -0.15) is 0 Å². The summed E-state index contributed by atoms with van der Waals surface area (Å²) in [6.07, 6.45) is 1.11. The van der Waals surface area contributed by atoms with Gasteiger partial charge in [-0.3, -0.25) is 14.4 Å². The summed E-state index contributed by atoms with van der Waals surface area (Å²) >= 11 is 0. The third-order valence-electron chi connectivity index (χ3n) is 5.82. The fourth-order valence-electron chi connectivity index (χ4n) is 3.87. The van der Waals surface area contributed by atoms with Crippen molar-refractivity contribution in [3.8, 4) is 5.75 Å². The Kier molecular flexibility index (Phi) is 8.03. The number of ketones is 1. The number of carbonyl (C=O) groups is 3. The number of hydrogen-bond acceptors (Lipinski definition) is 4. The van der Waals surface area contributed by atoms with Gasteiger partial charge in [0.25, 0.3) is 5.91 Å². The van der Waals surface area contributed by atoms with Crippen LogP contribution in [0.25, 0.3) is 0 Å². The maximum Gasteiger partial charge on any atom is 0.260 e. The number of benzene rings is 2. The molecular formula is C26H32N2O4. The molecule has 0 aromatic heterocycles. The van der Waals surface area contributed by atoms with Crippen LogP contribution in [0.1, 0.15) is 46.3 Å². The van der Waals surface area contributed by atoms with Gasteiger partial charge in [0.05, 0.1) is 0 Å². The first-order chi connectivity index (χ1) is 15.3. The number of Topliss-reactive ketones (excluding diaryl/α,β-unsaturated/α-hetero) is 1. The van der Waals surface area contributed by atoms with Crippen molar-refractivity contribution >= 4 is 17.6 Å². The van der Waals surface area contributed by atoms with Crippen molar-refractivity contribution in [2.24, 2.45) is 0 Å². The molecule has 2 aromatic rings. The molecule has 0 atom stereocenters. The molecule has 0 unspecified atom stereocenters. The Morgan fingerprint density at radius 2 is 1.41 bits per heavy atom. The van der Waals surface area contributed by atoms with Crippen molar-refractivity contribution in [1.29, 1.82) is 0 Å². The van der Waals surface area contributed by atoms with E-state index >= 15 is 0 Å². The maximum absolute atomic E-state index is 12.6. The molecule has 2 amide bonds. The van der Waals surface area contributed by atoms with E-state index in [1.807, 2.05) is 51.1 Å². The SMILES string of the molecule is Cc1ccc(C(=O)CCC(=O)N2CCCN(C(=O)COc3ccc(C)cc3C)CC2)cc1. The molecule has 0 radical (unpaired) electrons. The third-order valence-corrected chi connectivity index (χ3v) is 5.82. The summed E-state index contributed by atoms with van der Waals surface area (Å²) in [5.41, 5.74) is 3.89. The average Bonchev–Trinajstić information content (AvgIpc) is 3.03. The molecule has 1 saturated heterocycles. The molecule has 2 aromatic carbocycles. The number of rotatable bonds is 7. The lowest BCUT2D eigenvalue weighted by Crippen LogP contribution is -2.39. The van der Waals surface area contributed by atoms with E-state index in [9.17, 15) is 14.4 Å². The van der Waals surface area contributed by atoms with Crippen molar-refractivity contribution in [3.63, 3.8) is 0 Å². The molecule has 170 valence electrons. The standard InChI is InChI=1S/C26H32N2O4/c1-19-5-8-22(9-6-19)23(29)10-12-25(30)27-13-4-14-28(16-15-27)26(31)18-32-24-11-7-20(2)17-21(24)3/h5-9,11,17H,4,10,12-16,18H2,1-3H3. The summed E-state index contributed by atoms with van der Waals surface area (Å²) in [5.74, 6) is 0.586. The van der Waals surface area contributed by atoms with Gasteiger partial charge in [-0.05, 0) is 38.8 Å². The molecule has 0 N–H and O–H groups in total. The molecule has 1 heterocycles. The Hall–Kier alpha value is -3.15. The van der Waals surface area contributed by atoms with Crippen LogP contribution in [0.4, 0.5) is 0 Å². The molecule has 1 aliphatic rings. The van der Waals surface area contributed by atoms with Crippen molar-refractivity contribution < 1.29 is 19.1 Å². The molecule has 1 aliphatic heterocycles. The van der Waals surface area contributed by atoms with Gasteiger partial charge in [0.1, 0.15) is 5.75 Å². The van der Waals surface area contributed by atoms with E-state index in [0.717, 1.165) is 16.7 Å². The average molecular weight is 437 g/mol. The van der Waals surface area contributed by atoms with Crippen molar-refractivity contribution in [2.75, 3.05) is 32.8 Å².